The fourth-order valence-corrected chi connectivity index (χ4v) is 4.51. The van der Waals surface area contributed by atoms with E-state index >= 15 is 0 Å². The molecule has 186 valence electrons. The fraction of sp³-hybridized carbons (Fsp3) is 0.692. The van der Waals surface area contributed by atoms with Crippen LogP contribution in [0, 0.1) is 11.3 Å². The van der Waals surface area contributed by atoms with Crippen LogP contribution in [0.4, 0.5) is 5.69 Å². The van der Waals surface area contributed by atoms with E-state index < -0.39 is 17.6 Å². The van der Waals surface area contributed by atoms with Gasteiger partial charge >= 0.3 is 0 Å². The minimum atomic E-state index is -0.806. The van der Waals surface area contributed by atoms with Crippen LogP contribution in [0.15, 0.2) is 24.3 Å². The highest BCUT2D eigenvalue weighted by molar-refractivity contribution is 5.95. The van der Waals surface area contributed by atoms with Gasteiger partial charge < -0.3 is 25.8 Å². The van der Waals surface area contributed by atoms with E-state index in [0.717, 1.165) is 30.5 Å². The van der Waals surface area contributed by atoms with Crippen molar-refractivity contribution in [3.8, 4) is 0 Å². The van der Waals surface area contributed by atoms with Crippen LogP contribution in [-0.4, -0.2) is 55.4 Å². The summed E-state index contributed by atoms with van der Waals surface area (Å²) < 4.78 is 5.56. The molecule has 4 atom stereocenters. The third-order valence-corrected chi connectivity index (χ3v) is 6.54. The average Bonchev–Trinajstić information content (AvgIpc) is 2.77. The van der Waals surface area contributed by atoms with Crippen molar-refractivity contribution >= 4 is 17.5 Å². The molecule has 2 amide bonds. The predicted molar refractivity (Wildman–Crippen MR) is 132 cm³/mol. The van der Waals surface area contributed by atoms with Crippen LogP contribution in [0.5, 0.6) is 0 Å². The molecule has 1 aromatic carbocycles. The number of anilines is 1. The minimum Gasteiger partial charge on any atom is -0.391 e. The van der Waals surface area contributed by atoms with Gasteiger partial charge in [0.15, 0.2) is 0 Å². The summed E-state index contributed by atoms with van der Waals surface area (Å²) in [7, 11) is 1.68. The van der Waals surface area contributed by atoms with Crippen LogP contribution in [0.1, 0.15) is 65.4 Å². The molecule has 1 unspecified atom stereocenters. The zero-order valence-electron chi connectivity index (χ0n) is 21.0. The highest BCUT2D eigenvalue weighted by atomic mass is 16.5. The maximum absolute atomic E-state index is 13.3. The lowest BCUT2D eigenvalue weighted by molar-refractivity contribution is -0.125. The average molecular weight is 462 g/mol. The molecule has 1 aliphatic heterocycles. The van der Waals surface area contributed by atoms with E-state index in [1.807, 2.05) is 49.9 Å². The van der Waals surface area contributed by atoms with Crippen LogP contribution >= 0.6 is 0 Å². The van der Waals surface area contributed by atoms with E-state index in [1.165, 1.54) is 0 Å². The van der Waals surface area contributed by atoms with Crippen molar-refractivity contribution < 1.29 is 19.4 Å². The molecule has 2 rings (SSSR count). The summed E-state index contributed by atoms with van der Waals surface area (Å²) in [4.78, 5) is 27.3. The standard InChI is InChI=1S/C26H43N3O4/c1-6-7-12-28-25(32)18(2)13-23(30)21(27)15-26(3,4)16-24(31)29-17-20(33-5)14-19-10-8-9-11-22(19)29/h8-11,18,20-21,23,30H,6-7,12-17,27H2,1-5H3,(H,28,32)/t18-,20?,21+,23+/m1/s1. The molecule has 0 spiro atoms. The molecule has 0 aromatic heterocycles. The number of rotatable bonds is 12. The van der Waals surface area contributed by atoms with Gasteiger partial charge in [-0.2, -0.15) is 0 Å². The first kappa shape index (κ1) is 27.3. The number of benzene rings is 1. The van der Waals surface area contributed by atoms with Crippen LogP contribution in [0.3, 0.4) is 0 Å². The Bertz CT molecular complexity index is 783. The Morgan fingerprint density at radius 3 is 2.70 bits per heavy atom. The molecule has 0 radical (unpaired) electrons. The lowest BCUT2D eigenvalue weighted by Crippen LogP contribution is -2.46. The SMILES string of the molecule is CCCCNC(=O)[C@H](C)C[C@H](O)[C@@H](N)CC(C)(C)CC(=O)N1CC(OC)Cc2ccccc21. The fourth-order valence-electron chi connectivity index (χ4n) is 4.51. The van der Waals surface area contributed by atoms with Crippen molar-refractivity contribution in [1.82, 2.24) is 5.32 Å². The molecule has 0 saturated carbocycles. The number of methoxy groups -OCH3 is 1. The maximum Gasteiger partial charge on any atom is 0.227 e. The van der Waals surface area contributed by atoms with Gasteiger partial charge in [0.1, 0.15) is 0 Å². The summed E-state index contributed by atoms with van der Waals surface area (Å²) in [5.74, 6) is -0.344. The van der Waals surface area contributed by atoms with Crippen molar-refractivity contribution in [3.05, 3.63) is 29.8 Å². The highest BCUT2D eigenvalue weighted by Gasteiger charge is 2.34. The first-order chi connectivity index (χ1) is 15.6. The molecular weight excluding hydrogens is 418 g/mol. The third-order valence-electron chi connectivity index (χ3n) is 6.54. The number of amides is 2. The van der Waals surface area contributed by atoms with Crippen LogP contribution in [0.25, 0.3) is 0 Å². The number of fused-ring (bicyclic) bond motifs is 1. The number of unbranched alkanes of at least 4 members (excludes halogenated alkanes) is 1. The molecule has 7 nitrogen and oxygen atoms in total. The van der Waals surface area contributed by atoms with Crippen LogP contribution in [0.2, 0.25) is 0 Å². The zero-order valence-corrected chi connectivity index (χ0v) is 21.0. The Labute approximate surface area is 199 Å². The molecule has 1 aromatic rings. The Morgan fingerprint density at radius 2 is 2.03 bits per heavy atom. The first-order valence-corrected chi connectivity index (χ1v) is 12.2. The molecule has 0 bridgehead atoms. The topological polar surface area (TPSA) is 105 Å². The number of aliphatic hydroxyl groups is 1. The van der Waals surface area contributed by atoms with E-state index in [2.05, 4.69) is 12.2 Å². The molecule has 1 aliphatic rings. The number of nitrogens with one attached hydrogen (secondary N) is 1. The molecule has 33 heavy (non-hydrogen) atoms. The van der Waals surface area contributed by atoms with E-state index in [0.29, 0.717) is 32.4 Å². The Morgan fingerprint density at radius 1 is 1.33 bits per heavy atom. The molecule has 0 fully saturated rings. The van der Waals surface area contributed by atoms with Gasteiger partial charge in [-0.25, -0.2) is 0 Å². The molecule has 0 saturated heterocycles. The summed E-state index contributed by atoms with van der Waals surface area (Å²) in [5.41, 5.74) is 7.97. The number of hydrogen-bond acceptors (Lipinski definition) is 5. The van der Waals surface area contributed by atoms with Gasteiger partial charge in [-0.1, -0.05) is 52.3 Å². The number of nitrogens with zero attached hydrogens (tertiary/aromatic N) is 1. The van der Waals surface area contributed by atoms with Crippen LogP contribution < -0.4 is 16.0 Å². The minimum absolute atomic E-state index is 0.0269. The van der Waals surface area contributed by atoms with E-state index in [4.69, 9.17) is 10.5 Å². The lowest BCUT2D eigenvalue weighted by Gasteiger charge is -2.37. The highest BCUT2D eigenvalue weighted by Crippen LogP contribution is 2.33. The van der Waals surface area contributed by atoms with Gasteiger partial charge in [0, 0.05) is 44.1 Å². The second kappa shape index (κ2) is 12.5. The summed E-state index contributed by atoms with van der Waals surface area (Å²) in [6.07, 6.45) is 3.01. The Hall–Kier alpha value is -1.96. The van der Waals surface area contributed by atoms with Crippen molar-refractivity contribution in [2.75, 3.05) is 25.1 Å². The number of nitrogens with two attached hydrogens (primary N) is 1. The largest absolute Gasteiger partial charge is 0.391 e. The number of carbonyl (C=O) groups excluding carboxylic acids is 2. The van der Waals surface area contributed by atoms with Gasteiger partial charge in [0.2, 0.25) is 11.8 Å². The second-order valence-electron chi connectivity index (χ2n) is 10.3. The third kappa shape index (κ3) is 8.09. The number of hydrogen-bond donors (Lipinski definition) is 3. The number of para-hydroxylation sites is 1. The molecule has 0 aliphatic carbocycles. The van der Waals surface area contributed by atoms with Crippen molar-refractivity contribution in [3.63, 3.8) is 0 Å². The number of carbonyl (C=O) groups is 2. The summed E-state index contributed by atoms with van der Waals surface area (Å²) in [6.45, 7) is 9.07. The second-order valence-corrected chi connectivity index (χ2v) is 10.3. The normalized spacial score (nSPS) is 18.9. The number of ether oxygens (including phenoxy) is 1. The van der Waals surface area contributed by atoms with Crippen molar-refractivity contribution in [1.29, 1.82) is 0 Å². The van der Waals surface area contributed by atoms with Gasteiger partial charge in [-0.05, 0) is 36.3 Å². The van der Waals surface area contributed by atoms with E-state index in [9.17, 15) is 14.7 Å². The monoisotopic (exact) mass is 461 g/mol. The Kier molecular flexibility index (Phi) is 10.3. The molecular formula is C26H43N3O4. The van der Waals surface area contributed by atoms with Crippen molar-refractivity contribution in [2.24, 2.45) is 17.1 Å². The quantitative estimate of drug-likeness (QED) is 0.415. The smallest absolute Gasteiger partial charge is 0.227 e. The van der Waals surface area contributed by atoms with Crippen LogP contribution in [-0.2, 0) is 20.7 Å². The predicted octanol–water partition coefficient (Wildman–Crippen LogP) is 3.03. The number of aliphatic hydroxyl groups excluding tert-OH is 1. The van der Waals surface area contributed by atoms with Gasteiger partial charge in [0.05, 0.1) is 18.8 Å². The summed E-state index contributed by atoms with van der Waals surface area (Å²) in [6, 6.07) is 7.43. The lowest BCUT2D eigenvalue weighted by atomic mass is 9.79. The van der Waals surface area contributed by atoms with Crippen molar-refractivity contribution in [2.45, 2.75) is 84.5 Å². The van der Waals surface area contributed by atoms with E-state index in [-0.39, 0.29) is 23.8 Å². The first-order valence-electron chi connectivity index (χ1n) is 12.2. The maximum atomic E-state index is 13.3. The van der Waals surface area contributed by atoms with Gasteiger partial charge in [0.25, 0.3) is 0 Å². The molecule has 7 heteroatoms. The zero-order chi connectivity index (χ0) is 24.6. The summed E-state index contributed by atoms with van der Waals surface area (Å²) >= 11 is 0. The van der Waals surface area contributed by atoms with Gasteiger partial charge in [-0.3, -0.25) is 9.59 Å². The molecule has 4 N–H and O–H groups in total. The van der Waals surface area contributed by atoms with Gasteiger partial charge in [-0.15, -0.1) is 0 Å². The summed E-state index contributed by atoms with van der Waals surface area (Å²) in [5, 5.41) is 13.5. The Balaban J connectivity index is 1.94. The van der Waals surface area contributed by atoms with E-state index in [1.54, 1.807) is 7.11 Å². The molecule has 1 heterocycles.